The van der Waals surface area contributed by atoms with E-state index in [0.717, 1.165) is 16.1 Å². The summed E-state index contributed by atoms with van der Waals surface area (Å²) in [5.74, 6) is 0.0103. The molecule has 19 heavy (non-hydrogen) atoms. The van der Waals surface area contributed by atoms with Gasteiger partial charge < -0.3 is 10.6 Å². The second-order valence-electron chi connectivity index (χ2n) is 4.57. The minimum Gasteiger partial charge on any atom is -0.353 e. The van der Waals surface area contributed by atoms with Crippen molar-refractivity contribution in [3.8, 4) is 10.6 Å². The predicted molar refractivity (Wildman–Crippen MR) is 76.9 cm³/mol. The van der Waals surface area contributed by atoms with Gasteiger partial charge in [-0.3, -0.25) is 9.89 Å². The van der Waals surface area contributed by atoms with Gasteiger partial charge in [0, 0.05) is 18.2 Å². The first-order valence-corrected chi connectivity index (χ1v) is 7.11. The first-order valence-electron chi connectivity index (χ1n) is 6.23. The van der Waals surface area contributed by atoms with Gasteiger partial charge in [-0.25, -0.2) is 0 Å². The number of aromatic nitrogens is 2. The van der Waals surface area contributed by atoms with E-state index in [0.29, 0.717) is 13.1 Å². The molecule has 1 amide bonds. The SMILES string of the molecule is CC(C)NC(=O)CNCc1cn[nH]c1-c1cccs1. The molecule has 0 aliphatic heterocycles. The van der Waals surface area contributed by atoms with Crippen LogP contribution in [-0.4, -0.2) is 28.7 Å². The molecule has 0 fully saturated rings. The Labute approximate surface area is 116 Å². The van der Waals surface area contributed by atoms with Crippen LogP contribution in [-0.2, 0) is 11.3 Å². The summed E-state index contributed by atoms with van der Waals surface area (Å²) in [5, 5.41) is 15.1. The molecule has 5 nitrogen and oxygen atoms in total. The lowest BCUT2D eigenvalue weighted by atomic mass is 10.2. The molecule has 0 aliphatic rings. The molecular formula is C13H18N4OS. The smallest absolute Gasteiger partial charge is 0.234 e. The van der Waals surface area contributed by atoms with Gasteiger partial charge in [-0.1, -0.05) is 6.07 Å². The second-order valence-corrected chi connectivity index (χ2v) is 5.52. The molecule has 6 heteroatoms. The van der Waals surface area contributed by atoms with Crippen molar-refractivity contribution in [2.24, 2.45) is 0 Å². The van der Waals surface area contributed by atoms with E-state index in [1.54, 1.807) is 17.5 Å². The second kappa shape index (κ2) is 6.49. The normalized spacial score (nSPS) is 10.9. The van der Waals surface area contributed by atoms with Gasteiger partial charge in [-0.05, 0) is 25.3 Å². The number of carbonyl (C=O) groups excluding carboxylic acids is 1. The summed E-state index contributed by atoms with van der Waals surface area (Å²) in [5.41, 5.74) is 2.09. The molecule has 0 aliphatic carbocycles. The Morgan fingerprint density at radius 2 is 2.37 bits per heavy atom. The molecular weight excluding hydrogens is 260 g/mol. The molecule has 2 rings (SSSR count). The topological polar surface area (TPSA) is 69.8 Å². The Morgan fingerprint density at radius 3 is 3.05 bits per heavy atom. The van der Waals surface area contributed by atoms with Crippen LogP contribution in [0.25, 0.3) is 10.6 Å². The number of aromatic amines is 1. The molecule has 0 aromatic carbocycles. The molecule has 0 atom stereocenters. The zero-order chi connectivity index (χ0) is 13.7. The fourth-order valence-electron chi connectivity index (χ4n) is 1.76. The van der Waals surface area contributed by atoms with E-state index < -0.39 is 0 Å². The third-order valence-corrected chi connectivity index (χ3v) is 3.42. The minimum absolute atomic E-state index is 0.0103. The van der Waals surface area contributed by atoms with Gasteiger partial charge in [0.15, 0.2) is 0 Å². The van der Waals surface area contributed by atoms with Crippen LogP contribution in [0.4, 0.5) is 0 Å². The maximum Gasteiger partial charge on any atom is 0.234 e. The van der Waals surface area contributed by atoms with Crippen molar-refractivity contribution in [3.05, 3.63) is 29.3 Å². The highest BCUT2D eigenvalue weighted by atomic mass is 32.1. The molecule has 0 unspecified atom stereocenters. The Balaban J connectivity index is 1.87. The summed E-state index contributed by atoms with van der Waals surface area (Å²) in [6, 6.07) is 4.23. The third-order valence-electron chi connectivity index (χ3n) is 2.54. The van der Waals surface area contributed by atoms with Gasteiger partial charge in [-0.15, -0.1) is 11.3 Å². The van der Waals surface area contributed by atoms with Gasteiger partial charge >= 0.3 is 0 Å². The summed E-state index contributed by atoms with van der Waals surface area (Å²) in [4.78, 5) is 12.7. The van der Waals surface area contributed by atoms with Crippen molar-refractivity contribution in [3.63, 3.8) is 0 Å². The lowest BCUT2D eigenvalue weighted by molar-refractivity contribution is -0.120. The molecule has 0 radical (unpaired) electrons. The summed E-state index contributed by atoms with van der Waals surface area (Å²) in [6.07, 6.45) is 1.79. The lowest BCUT2D eigenvalue weighted by Crippen LogP contribution is -2.37. The average Bonchev–Trinajstić information content (AvgIpc) is 2.96. The van der Waals surface area contributed by atoms with Crippen molar-refractivity contribution in [1.82, 2.24) is 20.8 Å². The van der Waals surface area contributed by atoms with Crippen molar-refractivity contribution in [2.45, 2.75) is 26.4 Å². The van der Waals surface area contributed by atoms with Crippen LogP contribution >= 0.6 is 11.3 Å². The number of hydrogen-bond acceptors (Lipinski definition) is 4. The summed E-state index contributed by atoms with van der Waals surface area (Å²) >= 11 is 1.66. The van der Waals surface area contributed by atoms with E-state index in [4.69, 9.17) is 0 Å². The Morgan fingerprint density at radius 1 is 1.53 bits per heavy atom. The summed E-state index contributed by atoms with van der Waals surface area (Å²) in [7, 11) is 0. The summed E-state index contributed by atoms with van der Waals surface area (Å²) in [6.45, 7) is 4.83. The zero-order valence-corrected chi connectivity index (χ0v) is 11.9. The van der Waals surface area contributed by atoms with E-state index in [9.17, 15) is 4.79 Å². The number of thiophene rings is 1. The number of nitrogens with one attached hydrogen (secondary N) is 3. The molecule has 102 valence electrons. The molecule has 0 saturated heterocycles. The van der Waals surface area contributed by atoms with Gasteiger partial charge in [0.05, 0.1) is 23.3 Å². The largest absolute Gasteiger partial charge is 0.353 e. The monoisotopic (exact) mass is 278 g/mol. The maximum atomic E-state index is 11.5. The van der Waals surface area contributed by atoms with E-state index in [1.807, 2.05) is 31.4 Å². The van der Waals surface area contributed by atoms with Crippen LogP contribution < -0.4 is 10.6 Å². The molecule has 2 heterocycles. The third kappa shape index (κ3) is 3.90. The number of carbonyl (C=O) groups is 1. The quantitative estimate of drug-likeness (QED) is 0.754. The number of amides is 1. The Hall–Kier alpha value is -1.66. The fraction of sp³-hybridized carbons (Fsp3) is 0.385. The van der Waals surface area contributed by atoms with Gasteiger partial charge in [-0.2, -0.15) is 5.10 Å². The molecule has 0 bridgehead atoms. The maximum absolute atomic E-state index is 11.5. The average molecular weight is 278 g/mol. The number of nitrogens with zero attached hydrogens (tertiary/aromatic N) is 1. The fourth-order valence-corrected chi connectivity index (χ4v) is 2.52. The highest BCUT2D eigenvalue weighted by molar-refractivity contribution is 7.13. The van der Waals surface area contributed by atoms with Crippen molar-refractivity contribution in [1.29, 1.82) is 0 Å². The number of hydrogen-bond donors (Lipinski definition) is 3. The van der Waals surface area contributed by atoms with Gasteiger partial charge in [0.1, 0.15) is 0 Å². The Bertz CT molecular complexity index is 518. The van der Waals surface area contributed by atoms with E-state index >= 15 is 0 Å². The van der Waals surface area contributed by atoms with E-state index in [-0.39, 0.29) is 11.9 Å². The van der Waals surface area contributed by atoms with Crippen molar-refractivity contribution >= 4 is 17.2 Å². The van der Waals surface area contributed by atoms with Crippen LogP contribution in [0, 0.1) is 0 Å². The first-order chi connectivity index (χ1) is 9.16. The van der Waals surface area contributed by atoms with Crippen LogP contribution in [0.15, 0.2) is 23.7 Å². The van der Waals surface area contributed by atoms with Crippen molar-refractivity contribution < 1.29 is 4.79 Å². The molecule has 2 aromatic rings. The van der Waals surface area contributed by atoms with Crippen LogP contribution in [0.2, 0.25) is 0 Å². The van der Waals surface area contributed by atoms with Gasteiger partial charge in [0.2, 0.25) is 5.91 Å². The van der Waals surface area contributed by atoms with E-state index in [1.165, 1.54) is 0 Å². The highest BCUT2D eigenvalue weighted by Gasteiger charge is 2.09. The van der Waals surface area contributed by atoms with Crippen LogP contribution in [0.1, 0.15) is 19.4 Å². The minimum atomic E-state index is 0.0103. The standard InChI is InChI=1S/C13H18N4OS/c1-9(2)16-12(18)8-14-6-10-7-15-17-13(10)11-4-3-5-19-11/h3-5,7,9,14H,6,8H2,1-2H3,(H,15,17)(H,16,18). The highest BCUT2D eigenvalue weighted by Crippen LogP contribution is 2.25. The Kier molecular flexibility index (Phi) is 4.70. The van der Waals surface area contributed by atoms with Gasteiger partial charge in [0.25, 0.3) is 0 Å². The van der Waals surface area contributed by atoms with Crippen LogP contribution in [0.5, 0.6) is 0 Å². The lowest BCUT2D eigenvalue weighted by Gasteiger charge is -2.09. The summed E-state index contributed by atoms with van der Waals surface area (Å²) < 4.78 is 0. The van der Waals surface area contributed by atoms with Crippen molar-refractivity contribution in [2.75, 3.05) is 6.54 Å². The van der Waals surface area contributed by atoms with E-state index in [2.05, 4.69) is 20.8 Å². The number of H-pyrrole nitrogens is 1. The zero-order valence-electron chi connectivity index (χ0n) is 11.1. The molecule has 0 saturated carbocycles. The molecule has 0 spiro atoms. The van der Waals surface area contributed by atoms with Crippen LogP contribution in [0.3, 0.4) is 0 Å². The number of rotatable bonds is 6. The first kappa shape index (κ1) is 13.8. The molecule has 2 aromatic heterocycles. The predicted octanol–water partition coefficient (Wildman–Crippen LogP) is 1.75. The molecule has 3 N–H and O–H groups in total.